The number of hydrogen-bond donors (Lipinski definition) is 0. The quantitative estimate of drug-likeness (QED) is 0.789. The van der Waals surface area contributed by atoms with Gasteiger partial charge in [0.2, 0.25) is 0 Å². The van der Waals surface area contributed by atoms with Crippen LogP contribution >= 0.6 is 11.6 Å². The zero-order valence-electron chi connectivity index (χ0n) is 10.0. The van der Waals surface area contributed by atoms with Crippen molar-refractivity contribution in [2.24, 2.45) is 0 Å². The number of rotatable bonds is 3. The number of halogens is 1. The maximum absolute atomic E-state index is 9.17. The fourth-order valence-corrected chi connectivity index (χ4v) is 2.37. The maximum Gasteiger partial charge on any atom is 0.103 e. The van der Waals surface area contributed by atoms with E-state index >= 15 is 0 Å². The van der Waals surface area contributed by atoms with Gasteiger partial charge in [-0.05, 0) is 19.1 Å². The van der Waals surface area contributed by atoms with Crippen LogP contribution in [0.4, 0.5) is 0 Å². The zero-order valence-corrected chi connectivity index (χ0v) is 10.8. The first-order chi connectivity index (χ1) is 8.70. The van der Waals surface area contributed by atoms with Gasteiger partial charge < -0.3 is 4.57 Å². The van der Waals surface area contributed by atoms with E-state index in [1.165, 1.54) is 0 Å². The van der Waals surface area contributed by atoms with Gasteiger partial charge in [0, 0.05) is 30.2 Å². The molecular weight excluding hydrogens is 246 g/mol. The standard InChI is InChI=1S/C14H12ClN3/c1-3-8-18-10(2)12(9-16)13(15)14(18)11-4-6-17-7-5-11/h3-7H,1,8H2,2H3. The maximum atomic E-state index is 9.17. The van der Waals surface area contributed by atoms with Crippen molar-refractivity contribution in [3.63, 3.8) is 0 Å². The molecule has 0 saturated heterocycles. The zero-order chi connectivity index (χ0) is 13.1. The highest BCUT2D eigenvalue weighted by molar-refractivity contribution is 6.34. The molecule has 0 unspecified atom stereocenters. The summed E-state index contributed by atoms with van der Waals surface area (Å²) < 4.78 is 1.99. The number of allylic oxidation sites excluding steroid dienone is 1. The predicted molar refractivity (Wildman–Crippen MR) is 72.3 cm³/mol. The molecule has 0 aromatic carbocycles. The Morgan fingerprint density at radius 2 is 2.17 bits per heavy atom. The van der Waals surface area contributed by atoms with E-state index in [0.717, 1.165) is 17.0 Å². The van der Waals surface area contributed by atoms with Gasteiger partial charge in [0.25, 0.3) is 0 Å². The van der Waals surface area contributed by atoms with Crippen molar-refractivity contribution in [2.75, 3.05) is 0 Å². The highest BCUT2D eigenvalue weighted by Crippen LogP contribution is 2.34. The topological polar surface area (TPSA) is 41.6 Å². The summed E-state index contributed by atoms with van der Waals surface area (Å²) in [7, 11) is 0. The fourth-order valence-electron chi connectivity index (χ4n) is 1.98. The molecule has 0 bridgehead atoms. The lowest BCUT2D eigenvalue weighted by Crippen LogP contribution is -2.00. The molecule has 2 heterocycles. The van der Waals surface area contributed by atoms with Crippen molar-refractivity contribution < 1.29 is 0 Å². The van der Waals surface area contributed by atoms with Crippen molar-refractivity contribution in [3.05, 3.63) is 53.5 Å². The summed E-state index contributed by atoms with van der Waals surface area (Å²) in [6.07, 6.45) is 5.20. The first kappa shape index (κ1) is 12.4. The molecular formula is C14H12ClN3. The molecule has 90 valence electrons. The Morgan fingerprint density at radius 3 is 2.72 bits per heavy atom. The largest absolute Gasteiger partial charge is 0.338 e. The van der Waals surface area contributed by atoms with Gasteiger partial charge in [-0.2, -0.15) is 5.26 Å². The van der Waals surface area contributed by atoms with Crippen LogP contribution < -0.4 is 0 Å². The lowest BCUT2D eigenvalue weighted by molar-refractivity contribution is 0.805. The SMILES string of the molecule is C=CCn1c(C)c(C#N)c(Cl)c1-c1ccncc1. The van der Waals surface area contributed by atoms with Gasteiger partial charge in [0.15, 0.2) is 0 Å². The average Bonchev–Trinajstić information content (AvgIpc) is 2.62. The smallest absolute Gasteiger partial charge is 0.103 e. The Kier molecular flexibility index (Phi) is 3.50. The molecule has 18 heavy (non-hydrogen) atoms. The molecule has 2 rings (SSSR count). The third kappa shape index (κ3) is 1.92. The summed E-state index contributed by atoms with van der Waals surface area (Å²) in [5.74, 6) is 0. The number of hydrogen-bond acceptors (Lipinski definition) is 2. The second kappa shape index (κ2) is 5.07. The molecule has 0 aliphatic heterocycles. The first-order valence-electron chi connectivity index (χ1n) is 5.50. The Balaban J connectivity index is 2.74. The van der Waals surface area contributed by atoms with E-state index in [1.807, 2.05) is 23.6 Å². The molecule has 4 heteroatoms. The Morgan fingerprint density at radius 1 is 1.50 bits per heavy atom. The van der Waals surface area contributed by atoms with Crippen LogP contribution in [0.3, 0.4) is 0 Å². The second-order valence-electron chi connectivity index (χ2n) is 3.87. The number of nitriles is 1. The Labute approximate surface area is 111 Å². The fraction of sp³-hybridized carbons (Fsp3) is 0.143. The average molecular weight is 258 g/mol. The highest BCUT2D eigenvalue weighted by atomic mass is 35.5. The third-order valence-corrected chi connectivity index (χ3v) is 3.21. The molecule has 0 fully saturated rings. The van der Waals surface area contributed by atoms with E-state index < -0.39 is 0 Å². The summed E-state index contributed by atoms with van der Waals surface area (Å²) in [5.41, 5.74) is 3.16. The number of aromatic nitrogens is 2. The van der Waals surface area contributed by atoms with Crippen LogP contribution in [0.5, 0.6) is 0 Å². The molecule has 0 atom stereocenters. The summed E-state index contributed by atoms with van der Waals surface area (Å²) in [5, 5.41) is 9.66. The molecule has 0 spiro atoms. The molecule has 2 aromatic rings. The first-order valence-corrected chi connectivity index (χ1v) is 5.88. The van der Waals surface area contributed by atoms with Crippen LogP contribution in [-0.4, -0.2) is 9.55 Å². The van der Waals surface area contributed by atoms with Crippen LogP contribution in [-0.2, 0) is 6.54 Å². The summed E-state index contributed by atoms with van der Waals surface area (Å²) >= 11 is 6.31. The van der Waals surface area contributed by atoms with Crippen molar-refractivity contribution in [1.82, 2.24) is 9.55 Å². The van der Waals surface area contributed by atoms with Crippen LogP contribution in [0.1, 0.15) is 11.3 Å². The molecule has 0 aliphatic rings. The van der Waals surface area contributed by atoms with E-state index in [9.17, 15) is 0 Å². The van der Waals surface area contributed by atoms with Gasteiger partial charge in [-0.1, -0.05) is 17.7 Å². The number of nitrogens with zero attached hydrogens (tertiary/aromatic N) is 3. The van der Waals surface area contributed by atoms with Crippen molar-refractivity contribution in [3.8, 4) is 17.3 Å². The van der Waals surface area contributed by atoms with Gasteiger partial charge in [0.1, 0.15) is 6.07 Å². The lowest BCUT2D eigenvalue weighted by Gasteiger charge is -2.09. The van der Waals surface area contributed by atoms with Gasteiger partial charge in [-0.25, -0.2) is 0 Å². The molecule has 2 aromatic heterocycles. The van der Waals surface area contributed by atoms with Crippen LogP contribution in [0.15, 0.2) is 37.2 Å². The molecule has 0 N–H and O–H groups in total. The summed E-state index contributed by atoms with van der Waals surface area (Å²) in [6.45, 7) is 6.24. The third-order valence-electron chi connectivity index (χ3n) is 2.84. The minimum atomic E-state index is 0.489. The minimum absolute atomic E-state index is 0.489. The van der Waals surface area contributed by atoms with E-state index in [1.54, 1.807) is 18.5 Å². The molecule has 3 nitrogen and oxygen atoms in total. The van der Waals surface area contributed by atoms with Gasteiger partial charge >= 0.3 is 0 Å². The predicted octanol–water partition coefficient (Wildman–Crippen LogP) is 3.57. The van der Waals surface area contributed by atoms with E-state index in [2.05, 4.69) is 17.6 Å². The highest BCUT2D eigenvalue weighted by Gasteiger charge is 2.19. The Hall–Kier alpha value is -2.05. The summed E-state index contributed by atoms with van der Waals surface area (Å²) in [6, 6.07) is 5.90. The van der Waals surface area contributed by atoms with E-state index in [4.69, 9.17) is 16.9 Å². The summed E-state index contributed by atoms with van der Waals surface area (Å²) in [4.78, 5) is 3.99. The van der Waals surface area contributed by atoms with Crippen molar-refractivity contribution in [2.45, 2.75) is 13.5 Å². The van der Waals surface area contributed by atoms with Gasteiger partial charge in [-0.15, -0.1) is 6.58 Å². The van der Waals surface area contributed by atoms with E-state index in [-0.39, 0.29) is 0 Å². The molecule has 0 amide bonds. The van der Waals surface area contributed by atoms with Crippen LogP contribution in [0.25, 0.3) is 11.3 Å². The molecule has 0 radical (unpaired) electrons. The minimum Gasteiger partial charge on any atom is -0.338 e. The van der Waals surface area contributed by atoms with Crippen molar-refractivity contribution in [1.29, 1.82) is 5.26 Å². The van der Waals surface area contributed by atoms with E-state index in [0.29, 0.717) is 17.1 Å². The van der Waals surface area contributed by atoms with Gasteiger partial charge in [-0.3, -0.25) is 4.98 Å². The normalized spacial score (nSPS) is 10.1. The van der Waals surface area contributed by atoms with Crippen LogP contribution in [0, 0.1) is 18.3 Å². The lowest BCUT2D eigenvalue weighted by atomic mass is 10.2. The monoisotopic (exact) mass is 257 g/mol. The van der Waals surface area contributed by atoms with Crippen molar-refractivity contribution >= 4 is 11.6 Å². The molecule has 0 saturated carbocycles. The number of pyridine rings is 1. The van der Waals surface area contributed by atoms with Gasteiger partial charge in [0.05, 0.1) is 16.3 Å². The second-order valence-corrected chi connectivity index (χ2v) is 4.25. The Bertz CT molecular complexity index is 621. The van der Waals surface area contributed by atoms with Crippen LogP contribution in [0.2, 0.25) is 5.02 Å². The molecule has 0 aliphatic carbocycles.